The molecule has 0 spiro atoms. The van der Waals surface area contributed by atoms with Crippen LogP contribution in [-0.4, -0.2) is 12.0 Å². The Hall–Kier alpha value is -2.05. The zero-order valence-corrected chi connectivity index (χ0v) is 16.3. The van der Waals surface area contributed by atoms with Gasteiger partial charge in [0, 0.05) is 28.1 Å². The highest BCUT2D eigenvalue weighted by molar-refractivity contribution is 9.10. The highest BCUT2D eigenvalue weighted by atomic mass is 79.9. The van der Waals surface area contributed by atoms with Crippen LogP contribution in [0.3, 0.4) is 0 Å². The Bertz CT molecular complexity index is 931. The lowest BCUT2D eigenvalue weighted by Crippen LogP contribution is -2.29. The number of nitro benzene ring substituents is 1. The zero-order chi connectivity index (χ0) is 18.4. The van der Waals surface area contributed by atoms with Crippen molar-refractivity contribution in [3.8, 4) is 5.75 Å². The molecule has 3 atom stereocenters. The minimum atomic E-state index is -0.400. The van der Waals surface area contributed by atoms with Gasteiger partial charge in [-0.3, -0.25) is 10.1 Å². The van der Waals surface area contributed by atoms with E-state index in [9.17, 15) is 10.1 Å². The summed E-state index contributed by atoms with van der Waals surface area (Å²) >= 11 is 9.94. The quantitative estimate of drug-likeness (QED) is 0.373. The Balaban J connectivity index is 1.86. The van der Waals surface area contributed by atoms with Crippen molar-refractivity contribution < 1.29 is 9.66 Å². The van der Waals surface area contributed by atoms with E-state index >= 15 is 0 Å². The van der Waals surface area contributed by atoms with Crippen molar-refractivity contribution in [3.05, 3.63) is 73.2 Å². The van der Waals surface area contributed by atoms with Gasteiger partial charge >= 0.3 is 0 Å². The summed E-state index contributed by atoms with van der Waals surface area (Å²) in [6, 6.07) is 8.97. The molecule has 0 unspecified atom stereocenters. The van der Waals surface area contributed by atoms with E-state index in [1.165, 1.54) is 6.07 Å². The SMILES string of the molecule is COc1ccc(Br)cc1[C@@H]1Nc2c(Cl)cc([N+](=O)[O-])cc2[C@H]2C=CC[C@H]21. The summed E-state index contributed by atoms with van der Waals surface area (Å²) in [5, 5.41) is 15.1. The summed E-state index contributed by atoms with van der Waals surface area (Å²) in [5.74, 6) is 1.12. The number of nitro groups is 1. The molecule has 0 bridgehead atoms. The summed E-state index contributed by atoms with van der Waals surface area (Å²) in [5.41, 5.74) is 2.71. The minimum Gasteiger partial charge on any atom is -0.496 e. The average Bonchev–Trinajstić information content (AvgIpc) is 3.11. The standard InChI is InChI=1S/C19H16BrClN2O3/c1-26-17-6-5-10(20)7-15(17)18-13-4-2-3-12(13)14-8-11(23(24)25)9-16(21)19(14)22-18/h2-3,5-9,12-13,18,22H,4H2,1H3/t12-,13+,18+/m0/s1. The predicted molar refractivity (Wildman–Crippen MR) is 105 cm³/mol. The Morgan fingerprint density at radius 1 is 1.31 bits per heavy atom. The number of benzene rings is 2. The number of rotatable bonds is 3. The van der Waals surface area contributed by atoms with Gasteiger partial charge in [0.05, 0.1) is 28.8 Å². The van der Waals surface area contributed by atoms with Gasteiger partial charge in [-0.25, -0.2) is 0 Å². The number of nitrogens with one attached hydrogen (secondary N) is 1. The highest BCUT2D eigenvalue weighted by Gasteiger charge is 2.40. The second kappa shape index (κ2) is 6.59. The number of allylic oxidation sites excluding steroid dienone is 2. The molecule has 4 rings (SSSR count). The van der Waals surface area contributed by atoms with Crippen LogP contribution in [0.25, 0.3) is 0 Å². The van der Waals surface area contributed by atoms with Crippen LogP contribution < -0.4 is 10.1 Å². The summed E-state index contributed by atoms with van der Waals surface area (Å²) in [6.07, 6.45) is 5.15. The predicted octanol–water partition coefficient (Wildman–Crippen LogP) is 5.85. The van der Waals surface area contributed by atoms with Gasteiger partial charge in [0.2, 0.25) is 0 Å². The van der Waals surface area contributed by atoms with Crippen molar-refractivity contribution >= 4 is 38.9 Å². The van der Waals surface area contributed by atoms with Crippen LogP contribution >= 0.6 is 27.5 Å². The number of nitrogens with zero attached hydrogens (tertiary/aromatic N) is 1. The van der Waals surface area contributed by atoms with Gasteiger partial charge in [-0.15, -0.1) is 0 Å². The Morgan fingerprint density at radius 2 is 2.12 bits per heavy atom. The van der Waals surface area contributed by atoms with Gasteiger partial charge < -0.3 is 10.1 Å². The number of non-ortho nitro benzene ring substituents is 1. The van der Waals surface area contributed by atoms with E-state index < -0.39 is 4.92 Å². The van der Waals surface area contributed by atoms with Crippen LogP contribution in [0.1, 0.15) is 29.5 Å². The maximum absolute atomic E-state index is 11.2. The van der Waals surface area contributed by atoms with Gasteiger partial charge in [0.15, 0.2) is 0 Å². The molecule has 7 heteroatoms. The molecule has 1 aliphatic carbocycles. The molecule has 0 amide bonds. The zero-order valence-electron chi connectivity index (χ0n) is 13.9. The molecule has 2 aromatic carbocycles. The lowest BCUT2D eigenvalue weighted by Gasteiger charge is -2.38. The van der Waals surface area contributed by atoms with Crippen molar-refractivity contribution in [1.82, 2.24) is 0 Å². The summed E-state index contributed by atoms with van der Waals surface area (Å²) in [7, 11) is 1.66. The van der Waals surface area contributed by atoms with E-state index in [4.69, 9.17) is 16.3 Å². The van der Waals surface area contributed by atoms with E-state index in [2.05, 4.69) is 39.5 Å². The Kier molecular flexibility index (Phi) is 4.40. The van der Waals surface area contributed by atoms with E-state index in [1.54, 1.807) is 13.2 Å². The molecular formula is C19H16BrClN2O3. The number of methoxy groups -OCH3 is 1. The number of ether oxygens (including phenoxy) is 1. The molecule has 1 N–H and O–H groups in total. The highest BCUT2D eigenvalue weighted by Crippen LogP contribution is 2.53. The van der Waals surface area contributed by atoms with Crippen LogP contribution in [0.2, 0.25) is 5.02 Å². The third-order valence-electron chi connectivity index (χ3n) is 5.14. The molecule has 0 radical (unpaired) electrons. The van der Waals surface area contributed by atoms with E-state index in [-0.39, 0.29) is 23.6 Å². The molecule has 5 nitrogen and oxygen atoms in total. The molecule has 1 heterocycles. The monoisotopic (exact) mass is 434 g/mol. The van der Waals surface area contributed by atoms with Crippen LogP contribution in [0.4, 0.5) is 11.4 Å². The topological polar surface area (TPSA) is 64.4 Å². The fraction of sp³-hybridized carbons (Fsp3) is 0.263. The van der Waals surface area contributed by atoms with Crippen LogP contribution in [0.5, 0.6) is 5.75 Å². The summed E-state index contributed by atoms with van der Waals surface area (Å²) < 4.78 is 6.54. The Morgan fingerprint density at radius 3 is 2.85 bits per heavy atom. The van der Waals surface area contributed by atoms with Crippen LogP contribution in [0, 0.1) is 16.0 Å². The third kappa shape index (κ3) is 2.77. The van der Waals surface area contributed by atoms with Crippen LogP contribution in [0.15, 0.2) is 47.0 Å². The van der Waals surface area contributed by atoms with Crippen molar-refractivity contribution in [2.45, 2.75) is 18.4 Å². The molecule has 0 saturated heterocycles. The molecule has 0 fully saturated rings. The first-order chi connectivity index (χ1) is 12.5. The van der Waals surface area contributed by atoms with Crippen LogP contribution in [-0.2, 0) is 0 Å². The van der Waals surface area contributed by atoms with Gasteiger partial charge in [-0.05, 0) is 36.1 Å². The third-order valence-corrected chi connectivity index (χ3v) is 5.93. The van der Waals surface area contributed by atoms with E-state index in [0.717, 1.165) is 33.5 Å². The normalized spacial score (nSPS) is 23.1. The maximum Gasteiger partial charge on any atom is 0.271 e. The summed E-state index contributed by atoms with van der Waals surface area (Å²) in [6.45, 7) is 0. The largest absolute Gasteiger partial charge is 0.496 e. The van der Waals surface area contributed by atoms with Crippen molar-refractivity contribution in [1.29, 1.82) is 0 Å². The van der Waals surface area contributed by atoms with Crippen molar-refractivity contribution in [2.75, 3.05) is 12.4 Å². The molecule has 0 saturated carbocycles. The molecule has 2 aromatic rings. The number of hydrogen-bond donors (Lipinski definition) is 1. The number of anilines is 1. The Labute approximate surface area is 164 Å². The number of hydrogen-bond acceptors (Lipinski definition) is 4. The number of halogens is 2. The first-order valence-electron chi connectivity index (χ1n) is 8.24. The molecular weight excluding hydrogens is 420 g/mol. The fourth-order valence-electron chi connectivity index (χ4n) is 4.00. The molecule has 2 aliphatic rings. The van der Waals surface area contributed by atoms with Gasteiger partial charge in [-0.1, -0.05) is 39.7 Å². The second-order valence-corrected chi connectivity index (χ2v) is 7.83. The first-order valence-corrected chi connectivity index (χ1v) is 9.41. The van der Waals surface area contributed by atoms with Crippen molar-refractivity contribution in [3.63, 3.8) is 0 Å². The van der Waals surface area contributed by atoms with Gasteiger partial charge in [0.25, 0.3) is 5.69 Å². The second-order valence-electron chi connectivity index (χ2n) is 6.51. The smallest absolute Gasteiger partial charge is 0.271 e. The van der Waals surface area contributed by atoms with Gasteiger partial charge in [0.1, 0.15) is 5.75 Å². The van der Waals surface area contributed by atoms with E-state index in [0.29, 0.717) is 5.02 Å². The molecule has 0 aromatic heterocycles. The van der Waals surface area contributed by atoms with E-state index in [1.807, 2.05) is 12.1 Å². The van der Waals surface area contributed by atoms with Gasteiger partial charge in [-0.2, -0.15) is 0 Å². The fourth-order valence-corrected chi connectivity index (χ4v) is 4.66. The number of fused-ring (bicyclic) bond motifs is 3. The average molecular weight is 436 g/mol. The minimum absolute atomic E-state index is 0.00564. The molecule has 1 aliphatic heterocycles. The first kappa shape index (κ1) is 17.4. The maximum atomic E-state index is 11.2. The lowest BCUT2D eigenvalue weighted by molar-refractivity contribution is -0.384. The lowest BCUT2D eigenvalue weighted by atomic mass is 9.76. The molecule has 26 heavy (non-hydrogen) atoms. The summed E-state index contributed by atoms with van der Waals surface area (Å²) in [4.78, 5) is 10.8. The molecule has 134 valence electrons. The van der Waals surface area contributed by atoms with Crippen molar-refractivity contribution in [2.24, 2.45) is 5.92 Å².